The number of halogens is 1. The van der Waals surface area contributed by atoms with Gasteiger partial charge in [0, 0.05) is 38.2 Å². The Morgan fingerprint density at radius 1 is 0.875 bits per heavy atom. The molecule has 0 aliphatic carbocycles. The Kier molecular flexibility index (Phi) is 9.68. The molecule has 0 atom stereocenters. The van der Waals surface area contributed by atoms with Crippen LogP contribution < -0.4 is 16.0 Å². The zero-order valence-corrected chi connectivity index (χ0v) is 23.2. The van der Waals surface area contributed by atoms with E-state index >= 15 is 0 Å². The minimum atomic E-state index is -0.00977. The number of hydrogen-bond donors (Lipinski definition) is 3. The Morgan fingerprint density at radius 3 is 2.50 bits per heavy atom. The number of anilines is 3. The maximum atomic E-state index is 12.5. The second kappa shape index (κ2) is 14.0. The summed E-state index contributed by atoms with van der Waals surface area (Å²) in [6, 6.07) is 20.1. The van der Waals surface area contributed by atoms with Crippen LogP contribution in [0, 0.1) is 0 Å². The van der Waals surface area contributed by atoms with E-state index < -0.39 is 0 Å². The fraction of sp³-hybridized carbons (Fsp3) is 0.290. The Hall–Kier alpha value is -3.85. The van der Waals surface area contributed by atoms with Gasteiger partial charge in [0.25, 0.3) is 0 Å². The van der Waals surface area contributed by atoms with Crippen molar-refractivity contribution in [2.24, 2.45) is 0 Å². The standard InChI is InChI=1S/C31H34ClN7O/c32-28-22-35-31(38-30(28)25-11-7-10-24(18-25)23-8-3-1-4-9-23)37-27-19-26(20-34-21-27)36-29(40)12-5-2-6-15-39-16-13-33-14-17-39/h1,3-4,7-11,18-22,33H,2,5-6,12-17H2,(H,36,40)(H,35,37,38). The van der Waals surface area contributed by atoms with Gasteiger partial charge < -0.3 is 20.9 Å². The molecule has 1 aliphatic heterocycles. The van der Waals surface area contributed by atoms with Gasteiger partial charge in [-0.05, 0) is 42.6 Å². The van der Waals surface area contributed by atoms with Gasteiger partial charge in [-0.1, -0.05) is 66.6 Å². The van der Waals surface area contributed by atoms with Gasteiger partial charge in [0.05, 0.1) is 40.7 Å². The molecule has 4 aromatic rings. The number of nitrogens with zero attached hydrogens (tertiary/aromatic N) is 4. The van der Waals surface area contributed by atoms with E-state index in [2.05, 4.69) is 60.1 Å². The van der Waals surface area contributed by atoms with Crippen molar-refractivity contribution in [3.8, 4) is 22.4 Å². The van der Waals surface area contributed by atoms with Crippen LogP contribution in [0.5, 0.6) is 0 Å². The zero-order chi connectivity index (χ0) is 27.6. The minimum absolute atomic E-state index is 0.00977. The number of nitrogens with one attached hydrogen (secondary N) is 3. The zero-order valence-electron chi connectivity index (χ0n) is 22.4. The second-order valence-electron chi connectivity index (χ2n) is 9.87. The number of amides is 1. The quantitative estimate of drug-likeness (QED) is 0.195. The van der Waals surface area contributed by atoms with Crippen LogP contribution in [-0.2, 0) is 4.79 Å². The normalized spacial score (nSPS) is 13.6. The van der Waals surface area contributed by atoms with Crippen LogP contribution in [0.2, 0.25) is 5.02 Å². The number of hydrogen-bond acceptors (Lipinski definition) is 7. The third-order valence-electron chi connectivity index (χ3n) is 6.85. The van der Waals surface area contributed by atoms with Crippen LogP contribution in [0.3, 0.4) is 0 Å². The van der Waals surface area contributed by atoms with Gasteiger partial charge >= 0.3 is 0 Å². The summed E-state index contributed by atoms with van der Waals surface area (Å²) in [6.07, 6.45) is 8.41. The lowest BCUT2D eigenvalue weighted by molar-refractivity contribution is -0.116. The number of benzene rings is 2. The molecule has 0 saturated carbocycles. The van der Waals surface area contributed by atoms with Gasteiger partial charge in [0.2, 0.25) is 11.9 Å². The van der Waals surface area contributed by atoms with Crippen LogP contribution in [0.15, 0.2) is 79.3 Å². The Morgan fingerprint density at radius 2 is 1.65 bits per heavy atom. The molecule has 1 amide bonds. The van der Waals surface area contributed by atoms with Gasteiger partial charge in [0.15, 0.2) is 0 Å². The summed E-state index contributed by atoms with van der Waals surface area (Å²) >= 11 is 6.50. The number of pyridine rings is 1. The molecule has 0 radical (unpaired) electrons. The topological polar surface area (TPSA) is 95.1 Å². The first-order valence-electron chi connectivity index (χ1n) is 13.8. The number of carbonyl (C=O) groups excluding carboxylic acids is 1. The highest BCUT2D eigenvalue weighted by molar-refractivity contribution is 6.32. The first kappa shape index (κ1) is 27.7. The van der Waals surface area contributed by atoms with Crippen molar-refractivity contribution in [1.29, 1.82) is 0 Å². The lowest BCUT2D eigenvalue weighted by atomic mass is 10.0. The SMILES string of the molecule is O=C(CCCCCN1CCNCC1)Nc1cncc(Nc2ncc(Cl)c(-c3cccc(-c4ccccc4)c3)n2)c1. The van der Waals surface area contributed by atoms with Crippen molar-refractivity contribution in [2.45, 2.75) is 25.7 Å². The first-order chi connectivity index (χ1) is 19.6. The summed E-state index contributed by atoms with van der Waals surface area (Å²) in [6.45, 7) is 5.47. The molecule has 206 valence electrons. The summed E-state index contributed by atoms with van der Waals surface area (Å²) in [5.41, 5.74) is 5.01. The summed E-state index contributed by atoms with van der Waals surface area (Å²) in [5, 5.41) is 9.98. The molecule has 5 rings (SSSR count). The third kappa shape index (κ3) is 7.85. The lowest BCUT2D eigenvalue weighted by Crippen LogP contribution is -2.43. The average molecular weight is 556 g/mol. The van der Waals surface area contributed by atoms with Crippen molar-refractivity contribution >= 4 is 34.8 Å². The predicted molar refractivity (Wildman–Crippen MR) is 162 cm³/mol. The van der Waals surface area contributed by atoms with E-state index in [4.69, 9.17) is 11.6 Å². The van der Waals surface area contributed by atoms with E-state index in [-0.39, 0.29) is 5.91 Å². The maximum Gasteiger partial charge on any atom is 0.227 e. The van der Waals surface area contributed by atoms with E-state index in [0.717, 1.165) is 68.7 Å². The van der Waals surface area contributed by atoms with Crippen LogP contribution in [0.1, 0.15) is 25.7 Å². The lowest BCUT2D eigenvalue weighted by Gasteiger charge is -2.26. The first-order valence-corrected chi connectivity index (χ1v) is 14.2. The second-order valence-corrected chi connectivity index (χ2v) is 10.3. The average Bonchev–Trinajstić information content (AvgIpc) is 2.99. The van der Waals surface area contributed by atoms with Crippen LogP contribution in [-0.4, -0.2) is 58.5 Å². The van der Waals surface area contributed by atoms with Gasteiger partial charge in [-0.25, -0.2) is 9.97 Å². The van der Waals surface area contributed by atoms with E-state index in [9.17, 15) is 4.79 Å². The van der Waals surface area contributed by atoms with Crippen LogP contribution >= 0.6 is 11.6 Å². The van der Waals surface area contributed by atoms with E-state index in [1.54, 1.807) is 18.6 Å². The van der Waals surface area contributed by atoms with E-state index in [0.29, 0.717) is 34.5 Å². The highest BCUT2D eigenvalue weighted by atomic mass is 35.5. The summed E-state index contributed by atoms with van der Waals surface area (Å²) in [7, 11) is 0. The van der Waals surface area contributed by atoms with Gasteiger partial charge in [-0.3, -0.25) is 9.78 Å². The molecule has 0 unspecified atom stereocenters. The predicted octanol–water partition coefficient (Wildman–Crippen LogP) is 6.01. The van der Waals surface area contributed by atoms with Crippen LogP contribution in [0.25, 0.3) is 22.4 Å². The molecule has 1 aliphatic rings. The molecule has 40 heavy (non-hydrogen) atoms. The molecule has 3 N–H and O–H groups in total. The largest absolute Gasteiger partial charge is 0.325 e. The molecule has 0 bridgehead atoms. The number of aromatic nitrogens is 3. The van der Waals surface area contributed by atoms with E-state index in [1.807, 2.05) is 36.4 Å². The minimum Gasteiger partial charge on any atom is -0.325 e. The van der Waals surface area contributed by atoms with Gasteiger partial charge in [0.1, 0.15) is 0 Å². The summed E-state index contributed by atoms with van der Waals surface area (Å²) < 4.78 is 0. The maximum absolute atomic E-state index is 12.5. The van der Waals surface area contributed by atoms with Gasteiger partial charge in [-0.2, -0.15) is 0 Å². The molecular weight excluding hydrogens is 522 g/mol. The molecule has 2 aromatic heterocycles. The highest BCUT2D eigenvalue weighted by Gasteiger charge is 2.12. The number of unbranched alkanes of at least 4 members (excludes halogenated alkanes) is 2. The van der Waals surface area contributed by atoms with E-state index in [1.165, 1.54) is 0 Å². The van der Waals surface area contributed by atoms with Crippen molar-refractivity contribution in [3.05, 3.63) is 84.3 Å². The molecule has 1 fully saturated rings. The Bertz CT molecular complexity index is 1410. The fourth-order valence-corrected chi connectivity index (χ4v) is 4.97. The third-order valence-corrected chi connectivity index (χ3v) is 7.13. The number of piperazine rings is 1. The van der Waals surface area contributed by atoms with Gasteiger partial charge in [-0.15, -0.1) is 0 Å². The number of rotatable bonds is 11. The van der Waals surface area contributed by atoms with Crippen molar-refractivity contribution in [2.75, 3.05) is 43.4 Å². The molecule has 8 nitrogen and oxygen atoms in total. The molecule has 3 heterocycles. The van der Waals surface area contributed by atoms with Crippen molar-refractivity contribution in [1.82, 2.24) is 25.2 Å². The summed E-state index contributed by atoms with van der Waals surface area (Å²) in [4.78, 5) is 28.3. The molecule has 1 saturated heterocycles. The van der Waals surface area contributed by atoms with Crippen LogP contribution in [0.4, 0.5) is 17.3 Å². The molecule has 0 spiro atoms. The molecule has 9 heteroatoms. The Balaban J connectivity index is 1.17. The Labute approximate surface area is 240 Å². The van der Waals surface area contributed by atoms with Crippen molar-refractivity contribution in [3.63, 3.8) is 0 Å². The fourth-order valence-electron chi connectivity index (χ4n) is 4.77. The molecular formula is C31H34ClN7O. The smallest absolute Gasteiger partial charge is 0.227 e. The highest BCUT2D eigenvalue weighted by Crippen LogP contribution is 2.30. The number of carbonyl (C=O) groups is 1. The monoisotopic (exact) mass is 555 g/mol. The summed E-state index contributed by atoms with van der Waals surface area (Å²) in [5.74, 6) is 0.378. The molecule has 2 aromatic carbocycles. The van der Waals surface area contributed by atoms with Crippen molar-refractivity contribution < 1.29 is 4.79 Å².